The molecule has 0 aromatic carbocycles. The molecular weight excluding hydrogens is 230 g/mol. The topological polar surface area (TPSA) is 38.3 Å². The van der Waals surface area contributed by atoms with Crippen LogP contribution in [-0.4, -0.2) is 37.5 Å². The minimum atomic E-state index is -4.61. The van der Waals surface area contributed by atoms with E-state index in [1.165, 1.54) is 0 Å². The fraction of sp³-hybridized carbons (Fsp3) is 0.889. The number of halogens is 4. The van der Waals surface area contributed by atoms with Crippen molar-refractivity contribution in [2.75, 3.05) is 13.2 Å². The summed E-state index contributed by atoms with van der Waals surface area (Å²) in [5, 5.41) is 1.78. The molecule has 94 valence electrons. The molecule has 16 heavy (non-hydrogen) atoms. The van der Waals surface area contributed by atoms with Gasteiger partial charge in [0.15, 0.2) is 0 Å². The molecule has 0 spiro atoms. The lowest BCUT2D eigenvalue weighted by Crippen LogP contribution is -2.45. The van der Waals surface area contributed by atoms with Gasteiger partial charge in [-0.3, -0.25) is 4.79 Å². The van der Waals surface area contributed by atoms with Crippen molar-refractivity contribution >= 4 is 5.91 Å². The summed E-state index contributed by atoms with van der Waals surface area (Å²) in [7, 11) is 0. The third kappa shape index (κ3) is 3.33. The zero-order valence-electron chi connectivity index (χ0n) is 8.52. The molecule has 0 aliphatic carbocycles. The summed E-state index contributed by atoms with van der Waals surface area (Å²) in [6, 6.07) is 0. The van der Waals surface area contributed by atoms with Gasteiger partial charge in [-0.05, 0) is 19.3 Å². The van der Waals surface area contributed by atoms with Gasteiger partial charge < -0.3 is 10.1 Å². The highest BCUT2D eigenvalue weighted by Gasteiger charge is 2.48. The van der Waals surface area contributed by atoms with Crippen molar-refractivity contribution in [3.63, 3.8) is 0 Å². The van der Waals surface area contributed by atoms with Crippen LogP contribution in [0.15, 0.2) is 0 Å². The van der Waals surface area contributed by atoms with Crippen LogP contribution < -0.4 is 5.32 Å². The minimum absolute atomic E-state index is 0.0690. The third-order valence-electron chi connectivity index (χ3n) is 2.35. The molecule has 0 saturated carbocycles. The second kappa shape index (κ2) is 5.47. The third-order valence-corrected chi connectivity index (χ3v) is 2.35. The molecule has 1 heterocycles. The smallest absolute Gasteiger partial charge is 0.378 e. The van der Waals surface area contributed by atoms with E-state index in [1.54, 1.807) is 5.32 Å². The number of hydrogen-bond donors (Lipinski definition) is 1. The zero-order valence-corrected chi connectivity index (χ0v) is 8.52. The molecule has 0 aromatic rings. The van der Waals surface area contributed by atoms with Crippen LogP contribution in [0.1, 0.15) is 19.3 Å². The molecule has 1 fully saturated rings. The lowest BCUT2D eigenvalue weighted by atomic mass is 10.2. The van der Waals surface area contributed by atoms with Crippen molar-refractivity contribution in [2.45, 2.75) is 37.7 Å². The Morgan fingerprint density at radius 1 is 1.50 bits per heavy atom. The monoisotopic (exact) mass is 243 g/mol. The lowest BCUT2D eigenvalue weighted by Gasteiger charge is -2.15. The van der Waals surface area contributed by atoms with Crippen LogP contribution in [0.5, 0.6) is 0 Å². The van der Waals surface area contributed by atoms with Gasteiger partial charge in [0.1, 0.15) is 0 Å². The Morgan fingerprint density at radius 2 is 2.19 bits per heavy atom. The molecule has 1 unspecified atom stereocenters. The number of alkyl halides is 4. The van der Waals surface area contributed by atoms with Gasteiger partial charge in [0, 0.05) is 13.2 Å². The molecule has 0 bridgehead atoms. The number of ether oxygens (including phenoxy) is 1. The quantitative estimate of drug-likeness (QED) is 0.744. The van der Waals surface area contributed by atoms with E-state index < -0.39 is 18.3 Å². The number of nitrogens with one attached hydrogen (secondary N) is 1. The normalized spacial score (nSPS) is 21.4. The average molecular weight is 243 g/mol. The number of hydrogen-bond acceptors (Lipinski definition) is 2. The fourth-order valence-electron chi connectivity index (χ4n) is 1.44. The van der Waals surface area contributed by atoms with Crippen molar-refractivity contribution in [3.8, 4) is 0 Å². The molecule has 0 aromatic heterocycles. The van der Waals surface area contributed by atoms with Crippen LogP contribution in [0, 0.1) is 0 Å². The maximum Gasteiger partial charge on any atom is 0.383 e. The summed E-state index contributed by atoms with van der Waals surface area (Å²) in [6.45, 7) is 0.539. The Kier molecular flexibility index (Phi) is 4.52. The van der Waals surface area contributed by atoms with Gasteiger partial charge >= 0.3 is 12.3 Å². The SMILES string of the molecule is O=C(NCCC1CCCO1)C(F)(F)C(F)F. The number of carbonyl (C=O) groups is 1. The zero-order chi connectivity index (χ0) is 12.2. The van der Waals surface area contributed by atoms with Crippen LogP contribution in [-0.2, 0) is 9.53 Å². The van der Waals surface area contributed by atoms with Crippen LogP contribution in [0.3, 0.4) is 0 Å². The van der Waals surface area contributed by atoms with E-state index in [1.807, 2.05) is 0 Å². The number of amides is 1. The van der Waals surface area contributed by atoms with Crippen molar-refractivity contribution in [2.24, 2.45) is 0 Å². The highest BCUT2D eigenvalue weighted by molar-refractivity contribution is 5.83. The van der Waals surface area contributed by atoms with Crippen molar-refractivity contribution in [1.82, 2.24) is 5.32 Å². The fourth-order valence-corrected chi connectivity index (χ4v) is 1.44. The Balaban J connectivity index is 2.24. The molecule has 1 aliphatic rings. The minimum Gasteiger partial charge on any atom is -0.378 e. The predicted octanol–water partition coefficient (Wildman–Crippen LogP) is 1.57. The van der Waals surface area contributed by atoms with Gasteiger partial charge in [0.05, 0.1) is 6.10 Å². The Bertz CT molecular complexity index is 242. The first-order chi connectivity index (χ1) is 7.44. The van der Waals surface area contributed by atoms with E-state index in [0.717, 1.165) is 12.8 Å². The molecule has 1 saturated heterocycles. The van der Waals surface area contributed by atoms with E-state index in [-0.39, 0.29) is 12.6 Å². The van der Waals surface area contributed by atoms with Gasteiger partial charge in [0.2, 0.25) is 0 Å². The molecule has 0 radical (unpaired) electrons. The Hall–Kier alpha value is -0.850. The number of carbonyl (C=O) groups excluding carboxylic acids is 1. The summed E-state index contributed by atoms with van der Waals surface area (Å²) in [6.07, 6.45) is -1.98. The van der Waals surface area contributed by atoms with Gasteiger partial charge in [-0.2, -0.15) is 8.78 Å². The molecule has 7 heteroatoms. The first-order valence-electron chi connectivity index (χ1n) is 5.00. The van der Waals surface area contributed by atoms with Crippen LogP contribution in [0.25, 0.3) is 0 Å². The molecule has 1 N–H and O–H groups in total. The number of rotatable bonds is 5. The predicted molar refractivity (Wildman–Crippen MR) is 47.6 cm³/mol. The first-order valence-corrected chi connectivity index (χ1v) is 5.00. The first kappa shape index (κ1) is 13.2. The highest BCUT2D eigenvalue weighted by atomic mass is 19.3. The molecule has 1 rings (SSSR count). The van der Waals surface area contributed by atoms with Gasteiger partial charge in [-0.25, -0.2) is 8.78 Å². The van der Waals surface area contributed by atoms with Gasteiger partial charge in [-0.15, -0.1) is 0 Å². The van der Waals surface area contributed by atoms with E-state index in [9.17, 15) is 22.4 Å². The summed E-state index contributed by atoms with van der Waals surface area (Å²) >= 11 is 0. The molecule has 3 nitrogen and oxygen atoms in total. The highest BCUT2D eigenvalue weighted by Crippen LogP contribution is 2.22. The molecular formula is C9H13F4NO2. The Labute approximate surface area is 90.1 Å². The average Bonchev–Trinajstić information content (AvgIpc) is 2.70. The molecule has 1 amide bonds. The van der Waals surface area contributed by atoms with Crippen molar-refractivity contribution in [1.29, 1.82) is 0 Å². The van der Waals surface area contributed by atoms with E-state index in [0.29, 0.717) is 13.0 Å². The van der Waals surface area contributed by atoms with E-state index >= 15 is 0 Å². The van der Waals surface area contributed by atoms with Crippen molar-refractivity contribution < 1.29 is 27.1 Å². The standard InChI is InChI=1S/C9H13F4NO2/c10-7(11)9(12,13)8(15)14-4-3-6-2-1-5-16-6/h6-7H,1-5H2,(H,14,15). The lowest BCUT2D eigenvalue weighted by molar-refractivity contribution is -0.169. The second-order valence-electron chi connectivity index (χ2n) is 3.60. The van der Waals surface area contributed by atoms with Gasteiger partial charge in [-0.1, -0.05) is 0 Å². The largest absolute Gasteiger partial charge is 0.383 e. The maximum absolute atomic E-state index is 12.4. The maximum atomic E-state index is 12.4. The van der Waals surface area contributed by atoms with Gasteiger partial charge in [0.25, 0.3) is 5.91 Å². The van der Waals surface area contributed by atoms with Crippen LogP contribution >= 0.6 is 0 Å². The second-order valence-corrected chi connectivity index (χ2v) is 3.60. The summed E-state index contributed by atoms with van der Waals surface area (Å²) in [4.78, 5) is 10.7. The van der Waals surface area contributed by atoms with Crippen molar-refractivity contribution in [3.05, 3.63) is 0 Å². The summed E-state index contributed by atoms with van der Waals surface area (Å²) < 4.78 is 53.6. The van der Waals surface area contributed by atoms with E-state index in [4.69, 9.17) is 4.74 Å². The van der Waals surface area contributed by atoms with Crippen LogP contribution in [0.2, 0.25) is 0 Å². The van der Waals surface area contributed by atoms with Crippen LogP contribution in [0.4, 0.5) is 17.6 Å². The Morgan fingerprint density at radius 3 is 2.69 bits per heavy atom. The summed E-state index contributed by atoms with van der Waals surface area (Å²) in [5.41, 5.74) is 0. The molecule has 1 atom stereocenters. The summed E-state index contributed by atoms with van der Waals surface area (Å²) in [5.74, 6) is -6.54. The molecule has 1 aliphatic heterocycles. The van der Waals surface area contributed by atoms with E-state index in [2.05, 4.69) is 0 Å².